The van der Waals surface area contributed by atoms with Crippen molar-refractivity contribution in [2.45, 2.75) is 25.9 Å². The van der Waals surface area contributed by atoms with Gasteiger partial charge in [-0.3, -0.25) is 4.79 Å². The van der Waals surface area contributed by atoms with Crippen molar-refractivity contribution in [3.63, 3.8) is 0 Å². The largest absolute Gasteiger partial charge is 0.416 e. The van der Waals surface area contributed by atoms with Crippen LogP contribution in [0.3, 0.4) is 0 Å². The quantitative estimate of drug-likeness (QED) is 0.527. The van der Waals surface area contributed by atoms with Crippen LogP contribution in [0.5, 0.6) is 0 Å². The predicted octanol–water partition coefficient (Wildman–Crippen LogP) is 5.88. The monoisotopic (exact) mass is 433 g/mol. The van der Waals surface area contributed by atoms with Gasteiger partial charge in [0.1, 0.15) is 5.82 Å². The van der Waals surface area contributed by atoms with Crippen molar-refractivity contribution >= 4 is 29.0 Å². The van der Waals surface area contributed by atoms with Gasteiger partial charge < -0.3 is 11.1 Å². The lowest BCUT2D eigenvalue weighted by molar-refractivity contribution is -0.138. The number of nitrogens with one attached hydrogen (secondary N) is 1. The summed E-state index contributed by atoms with van der Waals surface area (Å²) in [6.45, 7) is 1.38. The fraction of sp³-hybridized carbons (Fsp3) is 0.182. The smallest absolute Gasteiger partial charge is 0.382 e. The molecule has 0 aliphatic heterocycles. The highest BCUT2D eigenvalue weighted by molar-refractivity contribution is 6.33. The normalized spacial score (nSPS) is 11.4. The molecule has 2 aromatic carbocycles. The summed E-state index contributed by atoms with van der Waals surface area (Å²) in [5, 5.41) is 2.89. The Labute approximate surface area is 176 Å². The van der Waals surface area contributed by atoms with Crippen molar-refractivity contribution < 1.29 is 18.0 Å². The van der Waals surface area contributed by atoms with E-state index in [0.717, 1.165) is 22.8 Å². The number of nitrogens with zero attached hydrogens (tertiary/aromatic N) is 1. The molecule has 0 radical (unpaired) electrons. The van der Waals surface area contributed by atoms with Crippen LogP contribution in [0, 0.1) is 6.92 Å². The van der Waals surface area contributed by atoms with E-state index in [1.165, 1.54) is 19.1 Å². The number of benzene rings is 2. The van der Waals surface area contributed by atoms with Gasteiger partial charge in [0.05, 0.1) is 10.6 Å². The van der Waals surface area contributed by atoms with Gasteiger partial charge in [0.25, 0.3) is 0 Å². The Morgan fingerprint density at radius 2 is 1.90 bits per heavy atom. The van der Waals surface area contributed by atoms with Crippen LogP contribution < -0.4 is 11.1 Å². The van der Waals surface area contributed by atoms with Crippen LogP contribution in [0.15, 0.2) is 54.7 Å². The number of aromatic nitrogens is 1. The van der Waals surface area contributed by atoms with E-state index < -0.39 is 11.7 Å². The van der Waals surface area contributed by atoms with Crippen LogP contribution in [0.2, 0.25) is 5.02 Å². The maximum Gasteiger partial charge on any atom is 0.416 e. The van der Waals surface area contributed by atoms with Crippen molar-refractivity contribution in [3.05, 3.63) is 76.4 Å². The summed E-state index contributed by atoms with van der Waals surface area (Å²) in [6, 6.07) is 13.0. The summed E-state index contributed by atoms with van der Waals surface area (Å²) in [5.74, 6) is -0.118. The van der Waals surface area contributed by atoms with Gasteiger partial charge >= 0.3 is 6.18 Å². The van der Waals surface area contributed by atoms with E-state index in [2.05, 4.69) is 10.3 Å². The highest BCUT2D eigenvalue weighted by Gasteiger charge is 2.32. The first kappa shape index (κ1) is 21.6. The van der Waals surface area contributed by atoms with Crippen LogP contribution >= 0.6 is 11.6 Å². The number of alkyl halides is 3. The second kappa shape index (κ2) is 8.75. The maximum atomic E-state index is 13.0. The molecule has 3 aromatic rings. The van der Waals surface area contributed by atoms with Gasteiger partial charge in [-0.05, 0) is 48.2 Å². The summed E-state index contributed by atoms with van der Waals surface area (Å²) >= 11 is 6.02. The second-order valence-corrected chi connectivity index (χ2v) is 7.27. The second-order valence-electron chi connectivity index (χ2n) is 6.87. The van der Waals surface area contributed by atoms with Crippen molar-refractivity contribution in [1.29, 1.82) is 0 Å². The van der Waals surface area contributed by atoms with Crippen LogP contribution in [0.4, 0.5) is 24.7 Å². The summed E-state index contributed by atoms with van der Waals surface area (Å²) in [7, 11) is 0. The Morgan fingerprint density at radius 1 is 1.13 bits per heavy atom. The zero-order valence-corrected chi connectivity index (χ0v) is 16.8. The Bertz CT molecular complexity index is 1080. The van der Waals surface area contributed by atoms with Gasteiger partial charge in [-0.1, -0.05) is 41.9 Å². The molecule has 4 nitrogen and oxygen atoms in total. The lowest BCUT2D eigenvalue weighted by atomic mass is 10.0. The Kier molecular flexibility index (Phi) is 6.31. The summed E-state index contributed by atoms with van der Waals surface area (Å²) < 4.78 is 39.1. The van der Waals surface area contributed by atoms with Crippen LogP contribution in [0.25, 0.3) is 11.1 Å². The average molecular weight is 434 g/mol. The number of aryl methyl sites for hydroxylation is 2. The molecule has 0 atom stereocenters. The van der Waals surface area contributed by atoms with Crippen molar-refractivity contribution in [3.8, 4) is 11.1 Å². The lowest BCUT2D eigenvalue weighted by Crippen LogP contribution is -2.14. The molecule has 156 valence electrons. The molecule has 1 aromatic heterocycles. The number of hydrogen-bond donors (Lipinski definition) is 2. The number of hydrogen-bond acceptors (Lipinski definition) is 3. The highest BCUT2D eigenvalue weighted by atomic mass is 35.5. The first-order valence-electron chi connectivity index (χ1n) is 9.11. The average Bonchev–Trinajstić information content (AvgIpc) is 2.69. The fourth-order valence-corrected chi connectivity index (χ4v) is 3.17. The molecule has 3 rings (SSSR count). The van der Waals surface area contributed by atoms with Crippen LogP contribution in [-0.2, 0) is 17.4 Å². The molecular weight excluding hydrogens is 415 g/mol. The van der Waals surface area contributed by atoms with Crippen LogP contribution in [-0.4, -0.2) is 10.9 Å². The molecule has 0 bridgehead atoms. The van der Waals surface area contributed by atoms with Crippen LogP contribution in [0.1, 0.15) is 23.1 Å². The molecule has 30 heavy (non-hydrogen) atoms. The van der Waals surface area contributed by atoms with E-state index in [4.69, 9.17) is 17.3 Å². The molecule has 0 unspecified atom stereocenters. The molecule has 0 saturated heterocycles. The molecular formula is C22H19ClF3N3O. The third kappa shape index (κ3) is 5.30. The summed E-state index contributed by atoms with van der Waals surface area (Å²) in [6.07, 6.45) is -2.30. The number of anilines is 2. The molecule has 0 fully saturated rings. The fourth-order valence-electron chi connectivity index (χ4n) is 3.00. The van der Waals surface area contributed by atoms with Crippen molar-refractivity contribution in [2.75, 3.05) is 11.1 Å². The minimum Gasteiger partial charge on any atom is -0.382 e. The highest BCUT2D eigenvalue weighted by Crippen LogP contribution is 2.33. The van der Waals surface area contributed by atoms with Gasteiger partial charge in [-0.2, -0.15) is 13.2 Å². The van der Waals surface area contributed by atoms with Crippen molar-refractivity contribution in [2.24, 2.45) is 0 Å². The Hall–Kier alpha value is -3.06. The van der Waals surface area contributed by atoms with E-state index in [0.29, 0.717) is 11.4 Å². The van der Waals surface area contributed by atoms with Gasteiger partial charge in [0, 0.05) is 23.9 Å². The summed E-state index contributed by atoms with van der Waals surface area (Å²) in [5.41, 5.74) is 7.66. The Morgan fingerprint density at radius 3 is 2.60 bits per heavy atom. The third-order valence-electron chi connectivity index (χ3n) is 4.60. The molecule has 1 amide bonds. The molecule has 0 aliphatic carbocycles. The van der Waals surface area contributed by atoms with Gasteiger partial charge in [-0.25, -0.2) is 4.98 Å². The first-order chi connectivity index (χ1) is 14.1. The van der Waals surface area contributed by atoms with Gasteiger partial charge in [-0.15, -0.1) is 0 Å². The van der Waals surface area contributed by atoms with Crippen molar-refractivity contribution in [1.82, 2.24) is 4.98 Å². The number of nitrogens with two attached hydrogens (primary N) is 1. The van der Waals surface area contributed by atoms with E-state index in [9.17, 15) is 18.0 Å². The van der Waals surface area contributed by atoms with E-state index in [-0.39, 0.29) is 29.4 Å². The molecule has 1 heterocycles. The first-order valence-corrected chi connectivity index (χ1v) is 9.49. The number of amides is 1. The minimum absolute atomic E-state index is 0.106. The number of nitrogen functional groups attached to an aromatic ring is 1. The van der Waals surface area contributed by atoms with Gasteiger partial charge in [0.2, 0.25) is 5.91 Å². The Balaban J connectivity index is 1.66. The van der Waals surface area contributed by atoms with E-state index in [1.807, 2.05) is 24.3 Å². The molecule has 8 heteroatoms. The molecule has 0 aliphatic rings. The number of halogens is 4. The van der Waals surface area contributed by atoms with E-state index >= 15 is 0 Å². The number of rotatable bonds is 5. The number of carbonyl (C=O) groups excluding carboxylic acids is 1. The zero-order chi connectivity index (χ0) is 21.9. The minimum atomic E-state index is -4.47. The summed E-state index contributed by atoms with van der Waals surface area (Å²) in [4.78, 5) is 16.3. The zero-order valence-electron chi connectivity index (χ0n) is 16.1. The lowest BCUT2D eigenvalue weighted by Gasteiger charge is -2.13. The van der Waals surface area contributed by atoms with E-state index in [1.54, 1.807) is 12.3 Å². The topological polar surface area (TPSA) is 68.0 Å². The third-order valence-corrected chi connectivity index (χ3v) is 4.90. The SMILES string of the molecule is Cc1ccc(NC(=O)CCc2cccc(-c3cnc(N)c(Cl)c3)c2)cc1C(F)(F)F. The maximum absolute atomic E-state index is 13.0. The number of pyridine rings is 1. The molecule has 0 saturated carbocycles. The van der Waals surface area contributed by atoms with Gasteiger partial charge in [0.15, 0.2) is 0 Å². The molecule has 0 spiro atoms. The molecule has 3 N–H and O–H groups in total. The standard InChI is InChI=1S/C22H19ClF3N3O/c1-13-5-7-17(11-18(13)22(24,25)26)29-20(30)8-6-14-3-2-4-15(9-14)16-10-19(23)21(27)28-12-16/h2-5,7,9-12H,6,8H2,1H3,(H2,27,28)(H,29,30). The number of carbonyl (C=O) groups is 1. The predicted molar refractivity (Wildman–Crippen MR) is 112 cm³/mol.